The van der Waals surface area contributed by atoms with Gasteiger partial charge >= 0.3 is 0 Å². The summed E-state index contributed by atoms with van der Waals surface area (Å²) in [5, 5.41) is 0. The van der Waals surface area contributed by atoms with E-state index in [-0.39, 0.29) is 18.0 Å². The summed E-state index contributed by atoms with van der Waals surface area (Å²) in [6.45, 7) is 0.881. The Bertz CT molecular complexity index is 453. The summed E-state index contributed by atoms with van der Waals surface area (Å²) in [6.07, 6.45) is 5.86. The van der Waals surface area contributed by atoms with Gasteiger partial charge in [-0.2, -0.15) is 0 Å². The number of benzene rings is 1. The highest BCUT2D eigenvalue weighted by atomic mass is 16.8. The van der Waals surface area contributed by atoms with Gasteiger partial charge in [-0.3, -0.25) is 4.79 Å². The zero-order valence-corrected chi connectivity index (χ0v) is 12.2. The standard InChI is InChI=1S/C17H22O4/c18-13-19-11-8-15-16(12-14-6-2-1-3-7-14)21-17(20-15)9-4-5-10-17/h1-3,6-7,13,15-16H,4-5,8-12H2/t15-,16-/m0/s1. The highest BCUT2D eigenvalue weighted by molar-refractivity contribution is 5.36. The van der Waals surface area contributed by atoms with Gasteiger partial charge in [-0.05, 0) is 18.4 Å². The predicted molar refractivity (Wildman–Crippen MR) is 77.7 cm³/mol. The first kappa shape index (κ1) is 14.5. The van der Waals surface area contributed by atoms with E-state index in [1.165, 1.54) is 5.56 Å². The van der Waals surface area contributed by atoms with Crippen LogP contribution >= 0.6 is 0 Å². The number of carbonyl (C=O) groups is 1. The van der Waals surface area contributed by atoms with Crippen molar-refractivity contribution < 1.29 is 19.0 Å². The van der Waals surface area contributed by atoms with Crippen LogP contribution in [0, 0.1) is 0 Å². The van der Waals surface area contributed by atoms with Gasteiger partial charge in [-0.1, -0.05) is 30.3 Å². The van der Waals surface area contributed by atoms with Crippen LogP contribution in [0.25, 0.3) is 0 Å². The van der Waals surface area contributed by atoms with Crippen molar-refractivity contribution in [2.75, 3.05) is 6.61 Å². The highest BCUT2D eigenvalue weighted by Crippen LogP contribution is 2.43. The normalized spacial score (nSPS) is 27.0. The highest BCUT2D eigenvalue weighted by Gasteiger charge is 2.48. The van der Waals surface area contributed by atoms with E-state index in [4.69, 9.17) is 14.2 Å². The third-order valence-electron chi connectivity index (χ3n) is 4.38. The fraction of sp³-hybridized carbons (Fsp3) is 0.588. The maximum atomic E-state index is 10.3. The Morgan fingerprint density at radius 2 is 1.86 bits per heavy atom. The quantitative estimate of drug-likeness (QED) is 0.597. The van der Waals surface area contributed by atoms with Crippen LogP contribution in [-0.4, -0.2) is 31.1 Å². The molecule has 0 unspecified atom stereocenters. The van der Waals surface area contributed by atoms with Crippen molar-refractivity contribution in [3.8, 4) is 0 Å². The number of hydrogen-bond donors (Lipinski definition) is 0. The topological polar surface area (TPSA) is 44.8 Å². The Balaban J connectivity index is 1.66. The summed E-state index contributed by atoms with van der Waals surface area (Å²) in [7, 11) is 0. The summed E-state index contributed by atoms with van der Waals surface area (Å²) in [5.41, 5.74) is 1.25. The Morgan fingerprint density at radius 3 is 2.57 bits per heavy atom. The van der Waals surface area contributed by atoms with Crippen LogP contribution in [0.1, 0.15) is 37.7 Å². The van der Waals surface area contributed by atoms with E-state index in [0.29, 0.717) is 19.5 Å². The van der Waals surface area contributed by atoms with Gasteiger partial charge in [-0.15, -0.1) is 0 Å². The number of hydrogen-bond acceptors (Lipinski definition) is 4. The van der Waals surface area contributed by atoms with Crippen molar-refractivity contribution in [3.63, 3.8) is 0 Å². The van der Waals surface area contributed by atoms with E-state index in [1.807, 2.05) is 18.2 Å². The molecular formula is C17H22O4. The van der Waals surface area contributed by atoms with Crippen LogP contribution in [0.3, 0.4) is 0 Å². The molecule has 0 radical (unpaired) electrons. The van der Waals surface area contributed by atoms with E-state index in [0.717, 1.165) is 32.1 Å². The monoisotopic (exact) mass is 290 g/mol. The van der Waals surface area contributed by atoms with Gasteiger partial charge in [0.25, 0.3) is 6.47 Å². The molecule has 21 heavy (non-hydrogen) atoms. The Labute approximate surface area is 125 Å². The van der Waals surface area contributed by atoms with Gasteiger partial charge in [0.1, 0.15) is 0 Å². The molecule has 1 aromatic carbocycles. The van der Waals surface area contributed by atoms with Crippen molar-refractivity contribution in [1.29, 1.82) is 0 Å². The largest absolute Gasteiger partial charge is 0.468 e. The van der Waals surface area contributed by atoms with Crippen LogP contribution < -0.4 is 0 Å². The third-order valence-corrected chi connectivity index (χ3v) is 4.38. The van der Waals surface area contributed by atoms with Crippen molar-refractivity contribution in [1.82, 2.24) is 0 Å². The molecule has 1 aliphatic carbocycles. The molecule has 0 amide bonds. The lowest BCUT2D eigenvalue weighted by Gasteiger charge is -2.22. The zero-order chi connectivity index (χ0) is 14.5. The lowest BCUT2D eigenvalue weighted by atomic mass is 10.0. The lowest BCUT2D eigenvalue weighted by Crippen LogP contribution is -2.27. The third kappa shape index (κ3) is 3.44. The van der Waals surface area contributed by atoms with E-state index >= 15 is 0 Å². The SMILES string of the molecule is O=COCC[C@@H]1OC2(CCCC2)O[C@H]1Cc1ccccc1. The molecule has 1 saturated heterocycles. The van der Waals surface area contributed by atoms with Crippen molar-refractivity contribution >= 4 is 6.47 Å². The van der Waals surface area contributed by atoms with Crippen molar-refractivity contribution in [2.24, 2.45) is 0 Å². The van der Waals surface area contributed by atoms with Crippen molar-refractivity contribution in [3.05, 3.63) is 35.9 Å². The summed E-state index contributed by atoms with van der Waals surface area (Å²) in [5.74, 6) is -0.384. The van der Waals surface area contributed by atoms with Crippen LogP contribution in [0.5, 0.6) is 0 Å². The first-order valence-corrected chi connectivity index (χ1v) is 7.76. The maximum absolute atomic E-state index is 10.3. The molecular weight excluding hydrogens is 268 g/mol. The lowest BCUT2D eigenvalue weighted by molar-refractivity contribution is -0.170. The fourth-order valence-electron chi connectivity index (χ4n) is 3.38. The molecule has 0 aromatic heterocycles. The Hall–Kier alpha value is -1.39. The van der Waals surface area contributed by atoms with Gasteiger partial charge in [0.2, 0.25) is 0 Å². The van der Waals surface area contributed by atoms with E-state index in [1.54, 1.807) is 0 Å². The minimum Gasteiger partial charge on any atom is -0.468 e. The summed E-state index contributed by atoms with van der Waals surface area (Å²) in [4.78, 5) is 10.3. The van der Waals surface area contributed by atoms with E-state index in [2.05, 4.69) is 12.1 Å². The average Bonchev–Trinajstić information content (AvgIpc) is 3.08. The first-order valence-electron chi connectivity index (χ1n) is 7.76. The summed E-state index contributed by atoms with van der Waals surface area (Å²) in [6, 6.07) is 10.3. The maximum Gasteiger partial charge on any atom is 0.293 e. The first-order chi connectivity index (χ1) is 10.3. The molecule has 1 aromatic rings. The predicted octanol–water partition coefficient (Wildman–Crippen LogP) is 2.85. The molecule has 4 heteroatoms. The van der Waals surface area contributed by atoms with Gasteiger partial charge in [0, 0.05) is 25.7 Å². The molecule has 3 rings (SSSR count). The van der Waals surface area contributed by atoms with Crippen LogP contribution in [0.2, 0.25) is 0 Å². The fourth-order valence-corrected chi connectivity index (χ4v) is 3.38. The summed E-state index contributed by atoms with van der Waals surface area (Å²) >= 11 is 0. The minimum absolute atomic E-state index is 0.00301. The molecule has 1 saturated carbocycles. The van der Waals surface area contributed by atoms with Crippen LogP contribution in [0.15, 0.2) is 30.3 Å². The van der Waals surface area contributed by atoms with E-state index < -0.39 is 0 Å². The molecule has 2 atom stereocenters. The number of carbonyl (C=O) groups excluding carboxylic acids is 1. The molecule has 1 aliphatic heterocycles. The van der Waals surface area contributed by atoms with Gasteiger partial charge in [0.05, 0.1) is 18.8 Å². The molecule has 114 valence electrons. The second-order valence-corrected chi connectivity index (χ2v) is 5.88. The molecule has 1 spiro atoms. The second-order valence-electron chi connectivity index (χ2n) is 5.88. The minimum atomic E-state index is -0.384. The van der Waals surface area contributed by atoms with E-state index in [9.17, 15) is 4.79 Å². The second kappa shape index (κ2) is 6.58. The Morgan fingerprint density at radius 1 is 1.14 bits per heavy atom. The van der Waals surface area contributed by atoms with Crippen LogP contribution in [-0.2, 0) is 25.4 Å². The molecule has 2 aliphatic rings. The molecule has 0 bridgehead atoms. The molecule has 0 N–H and O–H groups in total. The summed E-state index contributed by atoms with van der Waals surface area (Å²) < 4.78 is 17.3. The van der Waals surface area contributed by atoms with Gasteiger partial charge in [0.15, 0.2) is 5.79 Å². The molecule has 1 heterocycles. The van der Waals surface area contributed by atoms with Crippen molar-refractivity contribution in [2.45, 2.75) is 56.5 Å². The van der Waals surface area contributed by atoms with Gasteiger partial charge in [-0.25, -0.2) is 0 Å². The van der Waals surface area contributed by atoms with Crippen LogP contribution in [0.4, 0.5) is 0 Å². The van der Waals surface area contributed by atoms with Gasteiger partial charge < -0.3 is 14.2 Å². The molecule has 2 fully saturated rings. The Kier molecular flexibility index (Phi) is 4.56. The number of rotatable bonds is 6. The average molecular weight is 290 g/mol. The smallest absolute Gasteiger partial charge is 0.293 e. The molecule has 4 nitrogen and oxygen atoms in total. The zero-order valence-electron chi connectivity index (χ0n) is 12.2. The number of ether oxygens (including phenoxy) is 3.